The average molecular weight is 277 g/mol. The molecule has 19 heavy (non-hydrogen) atoms. The van der Waals surface area contributed by atoms with E-state index in [0.29, 0.717) is 18.5 Å². The molecule has 0 aliphatic carbocycles. The van der Waals surface area contributed by atoms with Gasteiger partial charge >= 0.3 is 0 Å². The van der Waals surface area contributed by atoms with E-state index in [9.17, 15) is 0 Å². The van der Waals surface area contributed by atoms with Crippen LogP contribution in [0.4, 0.5) is 0 Å². The number of benzene rings is 1. The van der Waals surface area contributed by atoms with Crippen LogP contribution in [0.1, 0.15) is 31.1 Å². The summed E-state index contributed by atoms with van der Waals surface area (Å²) in [5.74, 6) is 2.12. The van der Waals surface area contributed by atoms with E-state index < -0.39 is 0 Å². The highest BCUT2D eigenvalue weighted by molar-refractivity contribution is 7.98. The third-order valence-electron chi connectivity index (χ3n) is 2.62. The molecule has 0 amide bonds. The van der Waals surface area contributed by atoms with Crippen molar-refractivity contribution >= 4 is 11.8 Å². The minimum atomic E-state index is 0.414. The first-order valence-electron chi connectivity index (χ1n) is 6.38. The van der Waals surface area contributed by atoms with Crippen molar-refractivity contribution in [3.05, 3.63) is 41.5 Å². The Hall–Kier alpha value is -1.33. The van der Waals surface area contributed by atoms with E-state index in [2.05, 4.69) is 48.4 Å². The standard InChI is InChI=1S/C14H19N3OS/c1-10(2)15-8-14-16-13(17-18-14)9-19-12-7-5-4-6-11(12)3/h4-7,10,15H,8-9H2,1-3H3. The van der Waals surface area contributed by atoms with Gasteiger partial charge in [-0.1, -0.05) is 37.2 Å². The van der Waals surface area contributed by atoms with Crippen LogP contribution >= 0.6 is 11.8 Å². The van der Waals surface area contributed by atoms with E-state index in [1.165, 1.54) is 10.5 Å². The van der Waals surface area contributed by atoms with Gasteiger partial charge in [0.25, 0.3) is 0 Å². The topological polar surface area (TPSA) is 51.0 Å². The van der Waals surface area contributed by atoms with Crippen LogP contribution in [0, 0.1) is 6.92 Å². The van der Waals surface area contributed by atoms with E-state index in [4.69, 9.17) is 4.52 Å². The Morgan fingerprint density at radius 2 is 2.11 bits per heavy atom. The molecule has 0 bridgehead atoms. The van der Waals surface area contributed by atoms with Crippen molar-refractivity contribution in [1.29, 1.82) is 0 Å². The first kappa shape index (κ1) is 14.1. The van der Waals surface area contributed by atoms with Crippen LogP contribution in [0.5, 0.6) is 0 Å². The number of nitrogens with one attached hydrogen (secondary N) is 1. The van der Waals surface area contributed by atoms with Crippen LogP contribution in [-0.2, 0) is 12.3 Å². The van der Waals surface area contributed by atoms with Crippen LogP contribution in [0.3, 0.4) is 0 Å². The van der Waals surface area contributed by atoms with Crippen LogP contribution < -0.4 is 5.32 Å². The van der Waals surface area contributed by atoms with E-state index >= 15 is 0 Å². The number of nitrogens with zero attached hydrogens (tertiary/aromatic N) is 2. The largest absolute Gasteiger partial charge is 0.338 e. The molecule has 102 valence electrons. The molecule has 5 heteroatoms. The molecule has 0 saturated heterocycles. The van der Waals surface area contributed by atoms with Gasteiger partial charge in [-0.15, -0.1) is 11.8 Å². The van der Waals surface area contributed by atoms with Gasteiger partial charge in [-0.2, -0.15) is 4.98 Å². The molecule has 2 aromatic rings. The summed E-state index contributed by atoms with van der Waals surface area (Å²) in [5, 5.41) is 7.25. The molecule has 0 fully saturated rings. The molecule has 1 heterocycles. The molecule has 1 aromatic carbocycles. The summed E-state index contributed by atoms with van der Waals surface area (Å²) >= 11 is 1.73. The number of thioether (sulfide) groups is 1. The average Bonchev–Trinajstić information content (AvgIpc) is 2.83. The number of aromatic nitrogens is 2. The zero-order valence-corrected chi connectivity index (χ0v) is 12.3. The fraction of sp³-hybridized carbons (Fsp3) is 0.429. The number of rotatable bonds is 6. The zero-order chi connectivity index (χ0) is 13.7. The third kappa shape index (κ3) is 4.36. The lowest BCUT2D eigenvalue weighted by atomic mass is 10.2. The summed E-state index contributed by atoms with van der Waals surface area (Å²) < 4.78 is 5.20. The smallest absolute Gasteiger partial charge is 0.240 e. The molecule has 0 aliphatic heterocycles. The molecule has 1 aromatic heterocycles. The predicted octanol–water partition coefficient (Wildman–Crippen LogP) is 3.17. The van der Waals surface area contributed by atoms with Gasteiger partial charge in [-0.05, 0) is 18.6 Å². The highest BCUT2D eigenvalue weighted by Gasteiger charge is 2.07. The van der Waals surface area contributed by atoms with Crippen molar-refractivity contribution in [3.63, 3.8) is 0 Å². The number of hydrogen-bond acceptors (Lipinski definition) is 5. The van der Waals surface area contributed by atoms with Gasteiger partial charge in [0.05, 0.1) is 12.3 Å². The van der Waals surface area contributed by atoms with Crippen LogP contribution in [-0.4, -0.2) is 16.2 Å². The Labute approximate surface area is 118 Å². The normalized spacial score (nSPS) is 11.2. The number of hydrogen-bond donors (Lipinski definition) is 1. The third-order valence-corrected chi connectivity index (χ3v) is 3.79. The van der Waals surface area contributed by atoms with Crippen molar-refractivity contribution in [2.75, 3.05) is 0 Å². The second kappa shape index (κ2) is 6.73. The van der Waals surface area contributed by atoms with Gasteiger partial charge in [0.2, 0.25) is 5.89 Å². The van der Waals surface area contributed by atoms with Crippen molar-refractivity contribution in [1.82, 2.24) is 15.5 Å². The Morgan fingerprint density at radius 1 is 1.32 bits per heavy atom. The predicted molar refractivity (Wildman–Crippen MR) is 77.0 cm³/mol. The molecule has 2 rings (SSSR count). The van der Waals surface area contributed by atoms with Gasteiger partial charge < -0.3 is 9.84 Å². The first-order valence-corrected chi connectivity index (χ1v) is 7.37. The van der Waals surface area contributed by atoms with Gasteiger partial charge in [0.1, 0.15) is 0 Å². The van der Waals surface area contributed by atoms with Crippen molar-refractivity contribution < 1.29 is 4.52 Å². The van der Waals surface area contributed by atoms with E-state index in [-0.39, 0.29) is 0 Å². The van der Waals surface area contributed by atoms with Gasteiger partial charge in [-0.25, -0.2) is 0 Å². The second-order valence-electron chi connectivity index (χ2n) is 4.69. The SMILES string of the molecule is Cc1ccccc1SCc1noc(CNC(C)C)n1. The molecule has 0 spiro atoms. The zero-order valence-electron chi connectivity index (χ0n) is 11.5. The Balaban J connectivity index is 1.88. The summed E-state index contributed by atoms with van der Waals surface area (Å²) in [6, 6.07) is 8.72. The Morgan fingerprint density at radius 3 is 2.84 bits per heavy atom. The molecule has 1 N–H and O–H groups in total. The quantitative estimate of drug-likeness (QED) is 0.822. The van der Waals surface area contributed by atoms with E-state index in [0.717, 1.165) is 11.6 Å². The Kier molecular flexibility index (Phi) is 4.99. The molecule has 0 atom stereocenters. The fourth-order valence-electron chi connectivity index (χ4n) is 1.57. The number of aryl methyl sites for hydroxylation is 1. The van der Waals surface area contributed by atoms with Crippen LogP contribution in [0.15, 0.2) is 33.7 Å². The second-order valence-corrected chi connectivity index (χ2v) is 5.71. The van der Waals surface area contributed by atoms with E-state index in [1.807, 2.05) is 12.1 Å². The highest BCUT2D eigenvalue weighted by Crippen LogP contribution is 2.24. The summed E-state index contributed by atoms with van der Waals surface area (Å²) in [4.78, 5) is 5.62. The molecule has 0 aliphatic rings. The summed E-state index contributed by atoms with van der Waals surface area (Å²) in [6.07, 6.45) is 0. The lowest BCUT2D eigenvalue weighted by Crippen LogP contribution is -2.21. The monoisotopic (exact) mass is 277 g/mol. The minimum Gasteiger partial charge on any atom is -0.338 e. The summed E-state index contributed by atoms with van der Waals surface area (Å²) in [7, 11) is 0. The lowest BCUT2D eigenvalue weighted by molar-refractivity contribution is 0.358. The molecule has 0 radical (unpaired) electrons. The first-order chi connectivity index (χ1) is 9.15. The maximum Gasteiger partial charge on any atom is 0.240 e. The van der Waals surface area contributed by atoms with Crippen molar-refractivity contribution in [3.8, 4) is 0 Å². The summed E-state index contributed by atoms with van der Waals surface area (Å²) in [6.45, 7) is 6.91. The van der Waals surface area contributed by atoms with Crippen molar-refractivity contribution in [2.24, 2.45) is 0 Å². The molecular weight excluding hydrogens is 258 g/mol. The molecule has 4 nitrogen and oxygen atoms in total. The summed E-state index contributed by atoms with van der Waals surface area (Å²) in [5.41, 5.74) is 1.28. The van der Waals surface area contributed by atoms with Gasteiger partial charge in [-0.3, -0.25) is 0 Å². The fourth-order valence-corrected chi connectivity index (χ4v) is 2.45. The Bertz CT molecular complexity index is 525. The van der Waals surface area contributed by atoms with Crippen molar-refractivity contribution in [2.45, 2.75) is 44.0 Å². The maximum atomic E-state index is 5.20. The van der Waals surface area contributed by atoms with Gasteiger partial charge in [0.15, 0.2) is 5.82 Å². The molecule has 0 saturated carbocycles. The minimum absolute atomic E-state index is 0.414. The van der Waals surface area contributed by atoms with Crippen LogP contribution in [0.2, 0.25) is 0 Å². The van der Waals surface area contributed by atoms with Gasteiger partial charge in [0, 0.05) is 10.9 Å². The highest BCUT2D eigenvalue weighted by atomic mass is 32.2. The van der Waals surface area contributed by atoms with Crippen LogP contribution in [0.25, 0.3) is 0 Å². The molecule has 0 unspecified atom stereocenters. The maximum absolute atomic E-state index is 5.20. The van der Waals surface area contributed by atoms with E-state index in [1.54, 1.807) is 11.8 Å². The molecular formula is C14H19N3OS. The lowest BCUT2D eigenvalue weighted by Gasteiger charge is -2.03.